The Morgan fingerprint density at radius 3 is 2.90 bits per heavy atom. The molecular formula is C14H19N3O3. The molecule has 108 valence electrons. The zero-order chi connectivity index (χ0) is 14.4. The Labute approximate surface area is 117 Å². The summed E-state index contributed by atoms with van der Waals surface area (Å²) in [6.45, 7) is 1.43. The van der Waals surface area contributed by atoms with Crippen LogP contribution in [0.1, 0.15) is 0 Å². The number of aliphatic hydroxyl groups is 1. The van der Waals surface area contributed by atoms with E-state index in [4.69, 9.17) is 20.3 Å². The van der Waals surface area contributed by atoms with Crippen LogP contribution in [0.5, 0.6) is 5.75 Å². The summed E-state index contributed by atoms with van der Waals surface area (Å²) in [5.74, 6) is 1.46. The predicted molar refractivity (Wildman–Crippen MR) is 79.1 cm³/mol. The van der Waals surface area contributed by atoms with Crippen molar-refractivity contribution in [2.45, 2.75) is 0 Å². The number of fused-ring (bicyclic) bond motifs is 1. The Kier molecular flexibility index (Phi) is 4.97. The minimum Gasteiger partial charge on any atom is -0.496 e. The highest BCUT2D eigenvalue weighted by molar-refractivity contribution is 6.03. The van der Waals surface area contributed by atoms with Crippen molar-refractivity contribution in [2.24, 2.45) is 0 Å². The molecule has 0 saturated heterocycles. The third-order valence-electron chi connectivity index (χ3n) is 2.91. The molecule has 0 atom stereocenters. The fraction of sp³-hybridized carbons (Fsp3) is 0.357. The van der Waals surface area contributed by atoms with Crippen molar-refractivity contribution in [2.75, 3.05) is 44.5 Å². The van der Waals surface area contributed by atoms with Crippen LogP contribution in [-0.4, -0.2) is 43.6 Å². The average molecular weight is 277 g/mol. The molecule has 1 aromatic heterocycles. The van der Waals surface area contributed by atoms with Crippen molar-refractivity contribution < 1.29 is 14.6 Å². The SMILES string of the molecule is COc1ccc(N)c2c(NCCOCCO)nccc12. The lowest BCUT2D eigenvalue weighted by molar-refractivity contribution is 0.0992. The van der Waals surface area contributed by atoms with E-state index in [1.54, 1.807) is 19.4 Å². The monoisotopic (exact) mass is 277 g/mol. The van der Waals surface area contributed by atoms with Crippen molar-refractivity contribution in [1.82, 2.24) is 4.98 Å². The quantitative estimate of drug-likeness (QED) is 0.521. The van der Waals surface area contributed by atoms with Gasteiger partial charge >= 0.3 is 0 Å². The lowest BCUT2D eigenvalue weighted by atomic mass is 10.1. The van der Waals surface area contributed by atoms with Crippen molar-refractivity contribution in [3.63, 3.8) is 0 Å². The fourth-order valence-electron chi connectivity index (χ4n) is 2.02. The van der Waals surface area contributed by atoms with Crippen molar-refractivity contribution in [3.8, 4) is 5.75 Å². The van der Waals surface area contributed by atoms with Crippen LogP contribution in [0.2, 0.25) is 0 Å². The summed E-state index contributed by atoms with van der Waals surface area (Å²) in [5.41, 5.74) is 6.68. The summed E-state index contributed by atoms with van der Waals surface area (Å²) in [7, 11) is 1.63. The number of aromatic nitrogens is 1. The largest absolute Gasteiger partial charge is 0.496 e. The minimum absolute atomic E-state index is 0.0245. The highest BCUT2D eigenvalue weighted by atomic mass is 16.5. The van der Waals surface area contributed by atoms with Gasteiger partial charge in [-0.1, -0.05) is 0 Å². The number of aliphatic hydroxyl groups excluding tert-OH is 1. The fourth-order valence-corrected chi connectivity index (χ4v) is 2.02. The Bertz CT molecular complexity index is 575. The van der Waals surface area contributed by atoms with E-state index in [2.05, 4.69) is 10.3 Å². The van der Waals surface area contributed by atoms with Crippen molar-refractivity contribution in [1.29, 1.82) is 0 Å². The molecule has 2 aromatic rings. The molecule has 0 radical (unpaired) electrons. The summed E-state index contributed by atoms with van der Waals surface area (Å²) in [6.07, 6.45) is 1.71. The van der Waals surface area contributed by atoms with Crippen LogP contribution in [0, 0.1) is 0 Å². The van der Waals surface area contributed by atoms with Gasteiger partial charge in [0, 0.05) is 23.8 Å². The smallest absolute Gasteiger partial charge is 0.136 e. The molecule has 1 aromatic carbocycles. The molecule has 6 heteroatoms. The highest BCUT2D eigenvalue weighted by Crippen LogP contribution is 2.33. The second kappa shape index (κ2) is 6.93. The van der Waals surface area contributed by atoms with Gasteiger partial charge < -0.3 is 25.6 Å². The van der Waals surface area contributed by atoms with Gasteiger partial charge in [-0.2, -0.15) is 0 Å². The van der Waals surface area contributed by atoms with Gasteiger partial charge in [-0.05, 0) is 18.2 Å². The molecule has 0 spiro atoms. The van der Waals surface area contributed by atoms with Crippen molar-refractivity contribution in [3.05, 3.63) is 24.4 Å². The number of nitrogens with one attached hydrogen (secondary N) is 1. The van der Waals surface area contributed by atoms with Gasteiger partial charge in [-0.3, -0.25) is 0 Å². The standard InChI is InChI=1S/C14H19N3O3/c1-19-12-3-2-11(15)13-10(12)4-5-16-14(13)17-6-8-20-9-7-18/h2-5,18H,6-9,15H2,1H3,(H,16,17). The number of methoxy groups -OCH3 is 1. The molecule has 1 heterocycles. The second-order valence-electron chi connectivity index (χ2n) is 4.20. The molecule has 0 saturated carbocycles. The topological polar surface area (TPSA) is 89.6 Å². The Balaban J connectivity index is 2.21. The molecule has 0 unspecified atom stereocenters. The molecule has 0 fully saturated rings. The predicted octanol–water partition coefficient (Wildman–Crippen LogP) is 1.25. The number of hydrogen-bond donors (Lipinski definition) is 3. The van der Waals surface area contributed by atoms with E-state index in [9.17, 15) is 0 Å². The number of pyridine rings is 1. The maximum atomic E-state index is 8.63. The Morgan fingerprint density at radius 2 is 2.15 bits per heavy atom. The molecule has 0 aliphatic rings. The third kappa shape index (κ3) is 3.09. The average Bonchev–Trinajstić information content (AvgIpc) is 2.47. The van der Waals surface area contributed by atoms with Crippen LogP contribution in [0.15, 0.2) is 24.4 Å². The molecule has 0 aliphatic heterocycles. The molecule has 0 bridgehead atoms. The first-order valence-electron chi connectivity index (χ1n) is 6.41. The number of rotatable bonds is 7. The van der Waals surface area contributed by atoms with Crippen LogP contribution in [0.4, 0.5) is 11.5 Å². The van der Waals surface area contributed by atoms with Gasteiger partial charge in [0.25, 0.3) is 0 Å². The maximum Gasteiger partial charge on any atom is 0.136 e. The van der Waals surface area contributed by atoms with Gasteiger partial charge in [-0.15, -0.1) is 0 Å². The Hall–Kier alpha value is -2.05. The number of benzene rings is 1. The summed E-state index contributed by atoms with van der Waals surface area (Å²) in [4.78, 5) is 4.31. The third-order valence-corrected chi connectivity index (χ3v) is 2.91. The number of anilines is 2. The molecule has 4 N–H and O–H groups in total. The van der Waals surface area contributed by atoms with Crippen LogP contribution >= 0.6 is 0 Å². The number of nitrogens with two attached hydrogens (primary N) is 1. The van der Waals surface area contributed by atoms with E-state index in [1.807, 2.05) is 12.1 Å². The normalized spacial score (nSPS) is 10.7. The Morgan fingerprint density at radius 1 is 1.30 bits per heavy atom. The molecule has 0 aliphatic carbocycles. The van der Waals surface area contributed by atoms with Crippen LogP contribution in [0.25, 0.3) is 10.8 Å². The second-order valence-corrected chi connectivity index (χ2v) is 4.20. The first kappa shape index (κ1) is 14.4. The van der Waals surface area contributed by atoms with Gasteiger partial charge in [-0.25, -0.2) is 4.98 Å². The molecule has 2 rings (SSSR count). The zero-order valence-corrected chi connectivity index (χ0v) is 11.4. The molecular weight excluding hydrogens is 258 g/mol. The van der Waals surface area contributed by atoms with E-state index in [0.29, 0.717) is 31.3 Å². The van der Waals surface area contributed by atoms with E-state index in [0.717, 1.165) is 16.5 Å². The van der Waals surface area contributed by atoms with Gasteiger partial charge in [0.15, 0.2) is 0 Å². The van der Waals surface area contributed by atoms with Crippen LogP contribution in [0.3, 0.4) is 0 Å². The summed E-state index contributed by atoms with van der Waals surface area (Å²) < 4.78 is 10.5. The first-order chi connectivity index (χ1) is 9.77. The lowest BCUT2D eigenvalue weighted by Gasteiger charge is -2.12. The van der Waals surface area contributed by atoms with Crippen LogP contribution < -0.4 is 15.8 Å². The van der Waals surface area contributed by atoms with Gasteiger partial charge in [0.05, 0.1) is 32.3 Å². The number of nitrogens with zero attached hydrogens (tertiary/aromatic N) is 1. The number of nitrogen functional groups attached to an aromatic ring is 1. The summed E-state index contributed by atoms with van der Waals surface area (Å²) >= 11 is 0. The number of hydrogen-bond acceptors (Lipinski definition) is 6. The first-order valence-corrected chi connectivity index (χ1v) is 6.41. The minimum atomic E-state index is 0.0245. The molecule has 20 heavy (non-hydrogen) atoms. The highest BCUT2D eigenvalue weighted by Gasteiger charge is 2.09. The summed E-state index contributed by atoms with van der Waals surface area (Å²) in [6, 6.07) is 5.51. The lowest BCUT2D eigenvalue weighted by Crippen LogP contribution is -2.12. The molecule has 6 nitrogen and oxygen atoms in total. The van der Waals surface area contributed by atoms with Gasteiger partial charge in [0.2, 0.25) is 0 Å². The zero-order valence-electron chi connectivity index (χ0n) is 11.4. The van der Waals surface area contributed by atoms with Crippen LogP contribution in [-0.2, 0) is 4.74 Å². The van der Waals surface area contributed by atoms with E-state index in [-0.39, 0.29) is 6.61 Å². The number of ether oxygens (including phenoxy) is 2. The van der Waals surface area contributed by atoms with Gasteiger partial charge in [0.1, 0.15) is 11.6 Å². The van der Waals surface area contributed by atoms with Crippen molar-refractivity contribution >= 4 is 22.3 Å². The summed E-state index contributed by atoms with van der Waals surface area (Å²) in [5, 5.41) is 13.6. The van der Waals surface area contributed by atoms with E-state index < -0.39 is 0 Å². The maximum absolute atomic E-state index is 8.63. The van der Waals surface area contributed by atoms with E-state index in [1.165, 1.54) is 0 Å². The molecule has 0 amide bonds. The van der Waals surface area contributed by atoms with E-state index >= 15 is 0 Å².